The molecule has 0 unspecified atom stereocenters. The van der Waals surface area contributed by atoms with Crippen LogP contribution in [0.4, 0.5) is 11.4 Å². The molecule has 1 aliphatic heterocycles. The molecule has 4 nitrogen and oxygen atoms in total. The molecule has 0 fully saturated rings. The molecule has 124 valence electrons. The maximum Gasteiger partial charge on any atom is 0.259 e. The molecular weight excluding hydrogens is 439 g/mol. The highest BCUT2D eigenvalue weighted by Gasteiger charge is 2.34. The summed E-state index contributed by atoms with van der Waals surface area (Å²) in [5.41, 5.74) is 6.59. The number of fused-ring (bicyclic) bond motifs is 1. The van der Waals surface area contributed by atoms with Crippen molar-refractivity contribution in [3.8, 4) is 0 Å². The minimum Gasteiger partial charge on any atom is -0.397 e. The van der Waals surface area contributed by atoms with Crippen LogP contribution in [0.2, 0.25) is 30.1 Å². The quantitative estimate of drug-likeness (QED) is 0.322. The highest BCUT2D eigenvalue weighted by atomic mass is 35.5. The Bertz CT molecular complexity index is 941. The fraction of sp³-hybridized carbons (Fsp3) is 0. The average molecular weight is 444 g/mol. The second-order valence-corrected chi connectivity index (χ2v) is 7.07. The zero-order valence-corrected chi connectivity index (χ0v) is 15.9. The van der Waals surface area contributed by atoms with Gasteiger partial charge in [-0.05, 0) is 12.1 Å². The lowest BCUT2D eigenvalue weighted by Crippen LogP contribution is -2.21. The van der Waals surface area contributed by atoms with E-state index in [0.717, 1.165) is 0 Å². The highest BCUT2D eigenvalue weighted by Crippen LogP contribution is 2.44. The van der Waals surface area contributed by atoms with Crippen molar-refractivity contribution in [1.82, 2.24) is 5.32 Å². The second-order valence-electron chi connectivity index (χ2n) is 4.75. The van der Waals surface area contributed by atoms with Crippen molar-refractivity contribution in [3.05, 3.63) is 53.4 Å². The number of nitrogens with zero attached hydrogens (tertiary/aromatic N) is 1. The molecule has 0 spiro atoms. The molecule has 0 saturated heterocycles. The lowest BCUT2D eigenvalue weighted by Gasteiger charge is -2.09. The van der Waals surface area contributed by atoms with Gasteiger partial charge in [0.05, 0.1) is 52.6 Å². The van der Waals surface area contributed by atoms with Gasteiger partial charge in [-0.3, -0.25) is 4.79 Å². The molecule has 0 radical (unpaired) electrons. The molecular formula is C14H5Cl6N3O. The van der Waals surface area contributed by atoms with Crippen molar-refractivity contribution < 1.29 is 4.79 Å². The summed E-state index contributed by atoms with van der Waals surface area (Å²) >= 11 is 36.4. The summed E-state index contributed by atoms with van der Waals surface area (Å²) in [5.74, 6) is -0.380. The first-order valence-corrected chi connectivity index (χ1v) is 8.50. The number of carbonyl (C=O) groups is 1. The predicted molar refractivity (Wildman–Crippen MR) is 101 cm³/mol. The fourth-order valence-corrected chi connectivity index (χ4v) is 3.54. The number of halogens is 6. The lowest BCUT2D eigenvalue weighted by atomic mass is 10.1. The van der Waals surface area contributed by atoms with Crippen LogP contribution in [0.5, 0.6) is 0 Å². The van der Waals surface area contributed by atoms with Gasteiger partial charge in [-0.15, -0.1) is 0 Å². The van der Waals surface area contributed by atoms with Crippen molar-refractivity contribution in [3.63, 3.8) is 0 Å². The Labute approximate surface area is 166 Å². The normalized spacial score (nSPS) is 14.9. The third-order valence-electron chi connectivity index (χ3n) is 3.26. The molecule has 0 bridgehead atoms. The van der Waals surface area contributed by atoms with E-state index in [0.29, 0.717) is 5.69 Å². The van der Waals surface area contributed by atoms with E-state index < -0.39 is 5.91 Å². The molecule has 0 atom stereocenters. The van der Waals surface area contributed by atoms with Crippen molar-refractivity contribution in [2.45, 2.75) is 0 Å². The van der Waals surface area contributed by atoms with E-state index in [1.807, 2.05) is 0 Å². The Morgan fingerprint density at radius 3 is 2.04 bits per heavy atom. The van der Waals surface area contributed by atoms with Gasteiger partial charge in [-0.2, -0.15) is 0 Å². The van der Waals surface area contributed by atoms with E-state index in [2.05, 4.69) is 10.3 Å². The monoisotopic (exact) mass is 441 g/mol. The van der Waals surface area contributed by atoms with Crippen LogP contribution in [0.25, 0.3) is 0 Å². The first-order chi connectivity index (χ1) is 11.2. The number of carbonyl (C=O) groups excluding carboxylic acids is 1. The molecule has 0 aromatic heterocycles. The number of hydrogen-bond acceptors (Lipinski definition) is 3. The highest BCUT2D eigenvalue weighted by molar-refractivity contribution is 6.55. The van der Waals surface area contributed by atoms with Gasteiger partial charge in [0, 0.05) is 0 Å². The number of amides is 1. The van der Waals surface area contributed by atoms with Gasteiger partial charge in [0.2, 0.25) is 0 Å². The largest absolute Gasteiger partial charge is 0.397 e. The summed E-state index contributed by atoms with van der Waals surface area (Å²) in [7, 11) is 0. The molecule has 1 aliphatic rings. The summed E-state index contributed by atoms with van der Waals surface area (Å²) in [6, 6.07) is 2.91. The Balaban J connectivity index is 2.26. The van der Waals surface area contributed by atoms with Gasteiger partial charge in [0.25, 0.3) is 5.91 Å². The lowest BCUT2D eigenvalue weighted by molar-refractivity contribution is 0.0983. The number of nitrogens with one attached hydrogen (secondary N) is 1. The number of benzene rings is 2. The SMILES string of the molecule is Nc1cc(Cl)c(/N=C2\NC(=O)c3c(Cl)c(Cl)c(Cl)c(Cl)c32)cc1Cl. The van der Waals surface area contributed by atoms with Crippen LogP contribution in [0.1, 0.15) is 15.9 Å². The number of anilines is 1. The van der Waals surface area contributed by atoms with Gasteiger partial charge in [0.1, 0.15) is 5.84 Å². The van der Waals surface area contributed by atoms with Crippen molar-refractivity contribution >= 4 is 92.7 Å². The number of hydrogen-bond donors (Lipinski definition) is 2. The van der Waals surface area contributed by atoms with E-state index in [1.165, 1.54) is 12.1 Å². The summed E-state index contributed by atoms with van der Waals surface area (Å²) in [6.45, 7) is 0. The molecule has 2 aromatic rings. The molecule has 0 aliphatic carbocycles. The standard InChI is InChI=1S/C14H5Cl6N3O/c15-3-2-6(4(16)1-5(3)21)22-13-7-8(14(24)23-13)10(18)12(20)11(19)9(7)17/h1-2H,21H2,(H,22,23,24). The number of rotatable bonds is 1. The van der Waals surface area contributed by atoms with Crippen LogP contribution in [0.15, 0.2) is 17.1 Å². The summed E-state index contributed by atoms with van der Waals surface area (Å²) in [6.07, 6.45) is 0. The zero-order chi connectivity index (χ0) is 17.8. The maximum atomic E-state index is 12.2. The topological polar surface area (TPSA) is 67.5 Å². The molecule has 3 rings (SSSR count). The molecule has 24 heavy (non-hydrogen) atoms. The predicted octanol–water partition coefficient (Wildman–Crippen LogP) is 6.01. The summed E-state index contributed by atoms with van der Waals surface area (Å²) in [4.78, 5) is 16.5. The van der Waals surface area contributed by atoms with Gasteiger partial charge < -0.3 is 11.1 Å². The molecule has 1 amide bonds. The second kappa shape index (κ2) is 6.45. The van der Waals surface area contributed by atoms with Crippen LogP contribution in [0.3, 0.4) is 0 Å². The number of nitrogens with two attached hydrogens (primary N) is 1. The van der Waals surface area contributed by atoms with E-state index in [1.54, 1.807) is 0 Å². The van der Waals surface area contributed by atoms with Crippen LogP contribution in [-0.2, 0) is 0 Å². The van der Waals surface area contributed by atoms with Gasteiger partial charge in [-0.25, -0.2) is 4.99 Å². The van der Waals surface area contributed by atoms with E-state index in [-0.39, 0.29) is 52.8 Å². The Morgan fingerprint density at radius 1 is 0.833 bits per heavy atom. The fourth-order valence-electron chi connectivity index (χ4n) is 2.14. The molecule has 0 saturated carbocycles. The third kappa shape index (κ3) is 2.81. The van der Waals surface area contributed by atoms with Gasteiger partial charge >= 0.3 is 0 Å². The first-order valence-electron chi connectivity index (χ1n) is 6.23. The minimum absolute atomic E-state index is 0.00737. The molecule has 3 N–H and O–H groups in total. The van der Waals surface area contributed by atoms with Crippen LogP contribution in [0, 0.1) is 0 Å². The van der Waals surface area contributed by atoms with Crippen LogP contribution in [-0.4, -0.2) is 11.7 Å². The van der Waals surface area contributed by atoms with E-state index in [4.69, 9.17) is 75.3 Å². The number of nitrogen functional groups attached to an aromatic ring is 1. The van der Waals surface area contributed by atoms with E-state index in [9.17, 15) is 4.79 Å². The maximum absolute atomic E-state index is 12.2. The summed E-state index contributed by atoms with van der Waals surface area (Å²) in [5, 5.41) is 3.12. The Morgan fingerprint density at radius 2 is 1.42 bits per heavy atom. The molecule has 2 aromatic carbocycles. The molecule has 10 heteroatoms. The smallest absolute Gasteiger partial charge is 0.259 e. The third-order valence-corrected chi connectivity index (χ3v) is 5.69. The number of amidine groups is 1. The van der Waals surface area contributed by atoms with Crippen LogP contribution < -0.4 is 11.1 Å². The van der Waals surface area contributed by atoms with Crippen molar-refractivity contribution in [1.29, 1.82) is 0 Å². The van der Waals surface area contributed by atoms with Gasteiger partial charge in [-0.1, -0.05) is 69.6 Å². The van der Waals surface area contributed by atoms with Gasteiger partial charge in [0.15, 0.2) is 0 Å². The molecule has 1 heterocycles. The number of aliphatic imine (C=N–C) groups is 1. The first kappa shape index (κ1) is 17.9. The van der Waals surface area contributed by atoms with E-state index >= 15 is 0 Å². The Kier molecular flexibility index (Phi) is 4.82. The average Bonchev–Trinajstić information content (AvgIpc) is 2.84. The van der Waals surface area contributed by atoms with Crippen molar-refractivity contribution in [2.24, 2.45) is 4.99 Å². The zero-order valence-electron chi connectivity index (χ0n) is 11.4. The Hall–Kier alpha value is -0.880. The summed E-state index contributed by atoms with van der Waals surface area (Å²) < 4.78 is 0. The minimum atomic E-state index is -0.508. The van der Waals surface area contributed by atoms with Crippen molar-refractivity contribution in [2.75, 3.05) is 5.73 Å². The van der Waals surface area contributed by atoms with Crippen LogP contribution >= 0.6 is 69.6 Å².